The zero-order chi connectivity index (χ0) is 20.3. The first kappa shape index (κ1) is 20.2. The Balaban J connectivity index is 1.55. The van der Waals surface area contributed by atoms with Crippen LogP contribution in [0.2, 0.25) is 0 Å². The summed E-state index contributed by atoms with van der Waals surface area (Å²) in [6.45, 7) is 7.99. The Labute approximate surface area is 169 Å². The van der Waals surface area contributed by atoms with Crippen LogP contribution in [-0.2, 0) is 21.4 Å². The van der Waals surface area contributed by atoms with Crippen molar-refractivity contribution in [3.63, 3.8) is 0 Å². The molecule has 0 saturated heterocycles. The number of ether oxygens (including phenoxy) is 1. The average molecular weight is 396 g/mol. The molecule has 2 aromatic carbocycles. The monoisotopic (exact) mass is 395 g/mol. The van der Waals surface area contributed by atoms with Crippen molar-refractivity contribution < 1.29 is 14.3 Å². The van der Waals surface area contributed by atoms with Crippen LogP contribution in [0.15, 0.2) is 48.5 Å². The number of thiazole rings is 1. The van der Waals surface area contributed by atoms with Gasteiger partial charge in [-0.25, -0.2) is 4.98 Å². The normalized spacial score (nSPS) is 12.7. The van der Waals surface area contributed by atoms with E-state index < -0.39 is 6.10 Å². The van der Waals surface area contributed by atoms with E-state index in [0.29, 0.717) is 12.0 Å². The highest BCUT2D eigenvalue weighted by atomic mass is 32.1. The summed E-state index contributed by atoms with van der Waals surface area (Å²) in [5.41, 5.74) is 2.68. The van der Waals surface area contributed by atoms with Crippen LogP contribution in [0.25, 0.3) is 10.2 Å². The highest BCUT2D eigenvalue weighted by Crippen LogP contribution is 2.24. The van der Waals surface area contributed by atoms with E-state index >= 15 is 0 Å². The molecule has 0 unspecified atom stereocenters. The summed E-state index contributed by atoms with van der Waals surface area (Å²) < 4.78 is 6.45. The Bertz CT molecular complexity index is 950. The molecule has 3 rings (SSSR count). The molecule has 0 amide bonds. The van der Waals surface area contributed by atoms with Gasteiger partial charge in [-0.2, -0.15) is 0 Å². The molecule has 0 spiro atoms. The number of fused-ring (bicyclic) bond motifs is 1. The number of Topliss-reactive ketones (excluding diaryl/α,β-unsaturated/α-hetero) is 1. The third-order valence-corrected chi connectivity index (χ3v) is 5.69. The molecule has 0 aliphatic rings. The maximum absolute atomic E-state index is 12.5. The maximum atomic E-state index is 12.5. The number of benzene rings is 2. The molecule has 0 saturated carbocycles. The van der Waals surface area contributed by atoms with E-state index in [1.165, 1.54) is 0 Å². The smallest absolute Gasteiger partial charge is 0.306 e. The van der Waals surface area contributed by atoms with Crippen LogP contribution in [0.4, 0.5) is 0 Å². The number of nitrogens with zero attached hydrogens (tertiary/aromatic N) is 1. The molecule has 146 valence electrons. The number of para-hydroxylation sites is 1. The highest BCUT2D eigenvalue weighted by molar-refractivity contribution is 7.18. The molecule has 0 fully saturated rings. The third-order valence-electron chi connectivity index (χ3n) is 4.59. The number of aryl methyl sites for hydroxylation is 1. The lowest BCUT2D eigenvalue weighted by atomic mass is 9.86. The predicted molar refractivity (Wildman–Crippen MR) is 113 cm³/mol. The van der Waals surface area contributed by atoms with Gasteiger partial charge in [0, 0.05) is 12.0 Å². The molecule has 0 N–H and O–H groups in total. The molecule has 28 heavy (non-hydrogen) atoms. The molecule has 0 aliphatic carbocycles. The Morgan fingerprint density at radius 3 is 2.39 bits per heavy atom. The Morgan fingerprint density at radius 1 is 1.07 bits per heavy atom. The minimum atomic E-state index is -0.802. The lowest BCUT2D eigenvalue weighted by molar-refractivity contribution is -0.146. The summed E-state index contributed by atoms with van der Waals surface area (Å²) in [5.74, 6) is -0.569. The molecule has 3 aromatic rings. The molecule has 1 atom stereocenters. The Kier molecular flexibility index (Phi) is 5.94. The summed E-state index contributed by atoms with van der Waals surface area (Å²) in [5, 5.41) is 0.898. The second-order valence-corrected chi connectivity index (χ2v) is 9.01. The van der Waals surface area contributed by atoms with Gasteiger partial charge in [0.15, 0.2) is 6.10 Å². The number of carbonyl (C=O) groups excluding carboxylic acids is 2. The van der Waals surface area contributed by atoms with Crippen molar-refractivity contribution in [1.29, 1.82) is 0 Å². The number of ketones is 1. The molecule has 1 aromatic heterocycles. The quantitative estimate of drug-likeness (QED) is 0.417. The van der Waals surface area contributed by atoms with Gasteiger partial charge in [-0.1, -0.05) is 57.2 Å². The summed E-state index contributed by atoms with van der Waals surface area (Å²) in [6.07, 6.45) is -0.0805. The van der Waals surface area contributed by atoms with Gasteiger partial charge in [-0.15, -0.1) is 11.3 Å². The topological polar surface area (TPSA) is 56.3 Å². The number of hydrogen-bond donors (Lipinski definition) is 0. The minimum Gasteiger partial charge on any atom is -0.454 e. The predicted octanol–water partition coefficient (Wildman–Crippen LogP) is 5.34. The zero-order valence-corrected chi connectivity index (χ0v) is 17.5. The van der Waals surface area contributed by atoms with E-state index in [-0.39, 0.29) is 23.6 Å². The van der Waals surface area contributed by atoms with Crippen LogP contribution in [0, 0.1) is 0 Å². The summed E-state index contributed by atoms with van der Waals surface area (Å²) >= 11 is 1.58. The number of carbonyl (C=O) groups is 2. The summed E-state index contributed by atoms with van der Waals surface area (Å²) in [4.78, 5) is 29.2. The molecule has 0 bridgehead atoms. The van der Waals surface area contributed by atoms with Crippen molar-refractivity contribution in [3.05, 3.63) is 64.7 Å². The molecular weight excluding hydrogens is 370 g/mol. The molecule has 0 aliphatic heterocycles. The van der Waals surface area contributed by atoms with E-state index in [1.807, 2.05) is 36.4 Å². The van der Waals surface area contributed by atoms with Gasteiger partial charge in [-0.05, 0) is 30.0 Å². The fourth-order valence-corrected chi connectivity index (χ4v) is 3.88. The van der Waals surface area contributed by atoms with Crippen LogP contribution in [-0.4, -0.2) is 22.8 Å². The van der Waals surface area contributed by atoms with Crippen LogP contribution in [0.1, 0.15) is 55.0 Å². The van der Waals surface area contributed by atoms with E-state index in [0.717, 1.165) is 20.8 Å². The van der Waals surface area contributed by atoms with Gasteiger partial charge in [0.1, 0.15) is 0 Å². The van der Waals surface area contributed by atoms with Crippen LogP contribution in [0.5, 0.6) is 0 Å². The van der Waals surface area contributed by atoms with Crippen molar-refractivity contribution in [2.24, 2.45) is 0 Å². The van der Waals surface area contributed by atoms with Crippen molar-refractivity contribution in [3.8, 4) is 0 Å². The van der Waals surface area contributed by atoms with Gasteiger partial charge in [0.05, 0.1) is 21.6 Å². The lowest BCUT2D eigenvalue weighted by Crippen LogP contribution is -2.24. The minimum absolute atomic E-state index is 0.0281. The number of aromatic nitrogens is 1. The first-order valence-corrected chi connectivity index (χ1v) is 10.2. The Hall–Kier alpha value is -2.53. The van der Waals surface area contributed by atoms with Gasteiger partial charge in [-0.3, -0.25) is 9.59 Å². The van der Waals surface area contributed by atoms with E-state index in [4.69, 9.17) is 4.74 Å². The van der Waals surface area contributed by atoms with Crippen LogP contribution < -0.4 is 0 Å². The van der Waals surface area contributed by atoms with E-state index in [1.54, 1.807) is 30.4 Å². The molecule has 4 nitrogen and oxygen atoms in total. The molecule has 0 radical (unpaired) electrons. The second-order valence-electron chi connectivity index (χ2n) is 7.90. The van der Waals surface area contributed by atoms with Gasteiger partial charge in [0.25, 0.3) is 0 Å². The number of rotatable bonds is 6. The van der Waals surface area contributed by atoms with Crippen molar-refractivity contribution in [2.45, 2.75) is 52.1 Å². The molecule has 5 heteroatoms. The highest BCUT2D eigenvalue weighted by Gasteiger charge is 2.21. The summed E-state index contributed by atoms with van der Waals surface area (Å²) in [7, 11) is 0. The lowest BCUT2D eigenvalue weighted by Gasteiger charge is -2.19. The standard InChI is InChI=1S/C23H25NO3S/c1-15(22(26)16-9-11-17(12-10-16)23(2,3)4)27-21(25)14-13-20-24-18-7-5-6-8-19(18)28-20/h5-12,15H,13-14H2,1-4H3/t15-/m0/s1. The van der Waals surface area contributed by atoms with E-state index in [2.05, 4.69) is 25.8 Å². The second kappa shape index (κ2) is 8.23. The van der Waals surface area contributed by atoms with E-state index in [9.17, 15) is 9.59 Å². The summed E-state index contributed by atoms with van der Waals surface area (Å²) in [6, 6.07) is 15.4. The number of hydrogen-bond acceptors (Lipinski definition) is 5. The molecular formula is C23H25NO3S. The van der Waals surface area contributed by atoms with Crippen molar-refractivity contribution in [1.82, 2.24) is 4.98 Å². The average Bonchev–Trinajstić information content (AvgIpc) is 3.08. The fraction of sp³-hybridized carbons (Fsp3) is 0.348. The van der Waals surface area contributed by atoms with Crippen LogP contribution in [0.3, 0.4) is 0 Å². The third kappa shape index (κ3) is 4.84. The Morgan fingerprint density at radius 2 is 1.75 bits per heavy atom. The van der Waals surface area contributed by atoms with Crippen LogP contribution >= 0.6 is 11.3 Å². The zero-order valence-electron chi connectivity index (χ0n) is 16.7. The first-order valence-electron chi connectivity index (χ1n) is 9.43. The maximum Gasteiger partial charge on any atom is 0.306 e. The van der Waals surface area contributed by atoms with Gasteiger partial charge in [0.2, 0.25) is 5.78 Å². The van der Waals surface area contributed by atoms with Gasteiger partial charge < -0.3 is 4.74 Å². The van der Waals surface area contributed by atoms with Crippen molar-refractivity contribution >= 4 is 33.3 Å². The van der Waals surface area contributed by atoms with Crippen molar-refractivity contribution in [2.75, 3.05) is 0 Å². The SMILES string of the molecule is C[C@H](OC(=O)CCc1nc2ccccc2s1)C(=O)c1ccc(C(C)(C)C)cc1. The first-order chi connectivity index (χ1) is 13.2. The number of esters is 1. The largest absolute Gasteiger partial charge is 0.454 e. The fourth-order valence-electron chi connectivity index (χ4n) is 2.91. The molecule has 1 heterocycles. The van der Waals surface area contributed by atoms with Gasteiger partial charge >= 0.3 is 5.97 Å².